The molecule has 0 amide bonds. The van der Waals surface area contributed by atoms with Gasteiger partial charge in [0.05, 0.1) is 6.61 Å². The Hall–Kier alpha value is -1.13. The van der Waals surface area contributed by atoms with Gasteiger partial charge in [0.1, 0.15) is 0 Å². The summed E-state index contributed by atoms with van der Waals surface area (Å²) in [6, 6.07) is 9.09. The molecule has 18 heavy (non-hydrogen) atoms. The molecule has 98 valence electrons. The van der Waals surface area contributed by atoms with E-state index < -0.39 is 0 Å². The van der Waals surface area contributed by atoms with Gasteiger partial charge in [-0.2, -0.15) is 0 Å². The van der Waals surface area contributed by atoms with Crippen LogP contribution in [-0.2, 0) is 11.2 Å². The summed E-state index contributed by atoms with van der Waals surface area (Å²) in [6.07, 6.45) is 1.05. The van der Waals surface area contributed by atoms with Crippen LogP contribution in [0.2, 0.25) is 0 Å². The molecular weight excluding hydrogens is 244 g/mol. The number of hydrogen-bond donors (Lipinski definition) is 1. The van der Waals surface area contributed by atoms with Crippen molar-refractivity contribution >= 4 is 23.0 Å². The predicted octanol–water partition coefficient (Wildman–Crippen LogP) is 2.35. The van der Waals surface area contributed by atoms with E-state index in [-0.39, 0.29) is 6.04 Å². The van der Waals surface area contributed by atoms with Gasteiger partial charge in [-0.1, -0.05) is 18.2 Å². The van der Waals surface area contributed by atoms with Crippen LogP contribution < -0.4 is 10.2 Å². The molecule has 0 radical (unpaired) electrons. The second-order valence-corrected chi connectivity index (χ2v) is 5.24. The van der Waals surface area contributed by atoms with Crippen LogP contribution in [0.4, 0.5) is 5.69 Å². The second-order valence-electron chi connectivity index (χ2n) is 4.86. The molecule has 0 aliphatic carbocycles. The lowest BCUT2D eigenvalue weighted by Crippen LogP contribution is -2.47. The molecule has 1 aliphatic rings. The number of anilines is 1. The van der Waals surface area contributed by atoms with Crippen molar-refractivity contribution in [3.05, 3.63) is 29.8 Å². The normalized spacial score (nSPS) is 19.5. The van der Waals surface area contributed by atoms with Crippen LogP contribution in [0.15, 0.2) is 24.3 Å². The molecule has 0 aromatic heterocycles. The molecule has 3 nitrogen and oxygen atoms in total. The molecule has 0 saturated heterocycles. The van der Waals surface area contributed by atoms with Crippen molar-refractivity contribution < 1.29 is 4.74 Å². The summed E-state index contributed by atoms with van der Waals surface area (Å²) in [5, 5.41) is 4.12. The van der Waals surface area contributed by atoms with Crippen molar-refractivity contribution in [2.24, 2.45) is 0 Å². The molecule has 4 heteroatoms. The Morgan fingerprint density at radius 3 is 3.00 bits per heavy atom. The predicted molar refractivity (Wildman–Crippen MR) is 79.2 cm³/mol. The molecule has 1 aromatic rings. The van der Waals surface area contributed by atoms with Gasteiger partial charge in [0.2, 0.25) is 0 Å². The van der Waals surface area contributed by atoms with Gasteiger partial charge in [0, 0.05) is 24.9 Å². The first-order valence-electron chi connectivity index (χ1n) is 6.30. The Kier molecular flexibility index (Phi) is 4.19. The van der Waals surface area contributed by atoms with Crippen molar-refractivity contribution in [2.75, 3.05) is 18.6 Å². The highest BCUT2D eigenvalue weighted by Gasteiger charge is 2.28. The van der Waals surface area contributed by atoms with Crippen molar-refractivity contribution in [3.8, 4) is 0 Å². The van der Waals surface area contributed by atoms with Crippen LogP contribution in [0.3, 0.4) is 0 Å². The molecule has 0 fully saturated rings. The number of benzene rings is 1. The van der Waals surface area contributed by atoms with E-state index in [0.29, 0.717) is 12.6 Å². The Balaban J connectivity index is 2.11. The smallest absolute Gasteiger partial charge is 0.174 e. The summed E-state index contributed by atoms with van der Waals surface area (Å²) in [6.45, 7) is 4.93. The monoisotopic (exact) mass is 264 g/mol. The number of nitrogens with zero attached hydrogens (tertiary/aromatic N) is 1. The fraction of sp³-hybridized carbons (Fsp3) is 0.500. The summed E-state index contributed by atoms with van der Waals surface area (Å²) in [7, 11) is 1.70. The maximum Gasteiger partial charge on any atom is 0.174 e. The van der Waals surface area contributed by atoms with Gasteiger partial charge in [-0.05, 0) is 44.1 Å². The van der Waals surface area contributed by atoms with Crippen molar-refractivity contribution in [2.45, 2.75) is 32.4 Å². The molecule has 0 unspecified atom stereocenters. The molecule has 1 N–H and O–H groups in total. The Morgan fingerprint density at radius 2 is 2.28 bits per heavy atom. The Morgan fingerprint density at radius 1 is 1.56 bits per heavy atom. The zero-order valence-electron chi connectivity index (χ0n) is 11.1. The highest BCUT2D eigenvalue weighted by atomic mass is 32.1. The summed E-state index contributed by atoms with van der Waals surface area (Å²) in [5.74, 6) is 0. The number of ether oxygens (including phenoxy) is 1. The topological polar surface area (TPSA) is 24.5 Å². The molecule has 1 aromatic carbocycles. The fourth-order valence-electron chi connectivity index (χ4n) is 2.45. The SMILES string of the molecule is COC[C@H](C)NC(=S)N1c2ccccc2C[C@@H]1C. The van der Waals surface area contributed by atoms with Gasteiger partial charge in [-0.25, -0.2) is 0 Å². The lowest BCUT2D eigenvalue weighted by Gasteiger charge is -2.28. The van der Waals surface area contributed by atoms with E-state index in [4.69, 9.17) is 17.0 Å². The lowest BCUT2D eigenvalue weighted by atomic mass is 10.1. The molecule has 0 saturated carbocycles. The third-order valence-corrected chi connectivity index (χ3v) is 3.53. The standard InChI is InChI=1S/C14H20N2OS/c1-10(9-17-3)15-14(18)16-11(2)8-12-6-4-5-7-13(12)16/h4-7,10-11H,8-9H2,1-3H3,(H,15,18)/t10-,11-/m0/s1. The largest absolute Gasteiger partial charge is 0.383 e. The molecule has 2 rings (SSSR count). The number of thiocarbonyl (C=S) groups is 1. The Bertz CT molecular complexity index is 436. The first-order chi connectivity index (χ1) is 8.63. The Labute approximate surface area is 114 Å². The van der Waals surface area contributed by atoms with Crippen molar-refractivity contribution in [3.63, 3.8) is 0 Å². The van der Waals surface area contributed by atoms with E-state index in [1.807, 2.05) is 0 Å². The van der Waals surface area contributed by atoms with E-state index in [1.54, 1.807) is 7.11 Å². The van der Waals surface area contributed by atoms with Crippen molar-refractivity contribution in [1.82, 2.24) is 5.32 Å². The second kappa shape index (κ2) is 5.67. The number of hydrogen-bond acceptors (Lipinski definition) is 2. The van der Waals surface area contributed by atoms with Gasteiger partial charge >= 0.3 is 0 Å². The van der Waals surface area contributed by atoms with Gasteiger partial charge in [0.15, 0.2) is 5.11 Å². The van der Waals surface area contributed by atoms with E-state index in [0.717, 1.165) is 11.5 Å². The number of rotatable bonds is 3. The average molecular weight is 264 g/mol. The zero-order chi connectivity index (χ0) is 13.1. The van der Waals surface area contributed by atoms with Crippen LogP contribution in [0.5, 0.6) is 0 Å². The quantitative estimate of drug-likeness (QED) is 0.847. The first kappa shape index (κ1) is 13.3. The summed E-state index contributed by atoms with van der Waals surface area (Å²) in [4.78, 5) is 2.21. The molecular formula is C14H20N2OS. The van der Waals surface area contributed by atoms with Crippen LogP contribution in [-0.4, -0.2) is 30.9 Å². The number of para-hydroxylation sites is 1. The van der Waals surface area contributed by atoms with Crippen LogP contribution in [0, 0.1) is 0 Å². The van der Waals surface area contributed by atoms with Crippen LogP contribution >= 0.6 is 12.2 Å². The minimum Gasteiger partial charge on any atom is -0.383 e. The number of nitrogens with one attached hydrogen (secondary N) is 1. The van der Waals surface area contributed by atoms with Gasteiger partial charge < -0.3 is 15.0 Å². The molecule has 2 atom stereocenters. The van der Waals surface area contributed by atoms with E-state index >= 15 is 0 Å². The van der Waals surface area contributed by atoms with Crippen molar-refractivity contribution in [1.29, 1.82) is 0 Å². The van der Waals surface area contributed by atoms with Gasteiger partial charge in [-0.15, -0.1) is 0 Å². The number of fused-ring (bicyclic) bond motifs is 1. The minimum atomic E-state index is 0.225. The molecule has 0 bridgehead atoms. The summed E-state index contributed by atoms with van der Waals surface area (Å²) in [5.41, 5.74) is 2.60. The molecule has 0 spiro atoms. The van der Waals surface area contributed by atoms with E-state index in [9.17, 15) is 0 Å². The summed E-state index contributed by atoms with van der Waals surface area (Å²) < 4.78 is 5.12. The number of methoxy groups -OCH3 is 1. The lowest BCUT2D eigenvalue weighted by molar-refractivity contribution is 0.179. The maximum atomic E-state index is 5.52. The molecule has 1 aliphatic heterocycles. The van der Waals surface area contributed by atoms with Gasteiger partial charge in [0.25, 0.3) is 0 Å². The first-order valence-corrected chi connectivity index (χ1v) is 6.71. The average Bonchev–Trinajstić information content (AvgIpc) is 2.64. The van der Waals surface area contributed by atoms with Gasteiger partial charge in [-0.3, -0.25) is 0 Å². The van der Waals surface area contributed by atoms with Crippen LogP contribution in [0.25, 0.3) is 0 Å². The van der Waals surface area contributed by atoms with E-state index in [2.05, 4.69) is 48.3 Å². The third kappa shape index (κ3) is 2.65. The van der Waals surface area contributed by atoms with E-state index in [1.165, 1.54) is 11.3 Å². The summed E-state index contributed by atoms with van der Waals surface area (Å²) >= 11 is 5.52. The fourth-order valence-corrected chi connectivity index (χ4v) is 2.93. The highest BCUT2D eigenvalue weighted by molar-refractivity contribution is 7.80. The molecule has 1 heterocycles. The zero-order valence-corrected chi connectivity index (χ0v) is 12.0. The third-order valence-electron chi connectivity index (χ3n) is 3.21. The maximum absolute atomic E-state index is 5.52. The minimum absolute atomic E-state index is 0.225. The highest BCUT2D eigenvalue weighted by Crippen LogP contribution is 2.31. The van der Waals surface area contributed by atoms with Crippen LogP contribution in [0.1, 0.15) is 19.4 Å².